The Morgan fingerprint density at radius 3 is 2.09 bits per heavy atom. The van der Waals surface area contributed by atoms with E-state index in [2.05, 4.69) is 24.7 Å². The van der Waals surface area contributed by atoms with Gasteiger partial charge in [0.25, 0.3) is 10.0 Å². The van der Waals surface area contributed by atoms with Gasteiger partial charge in [0, 0.05) is 6.54 Å². The number of nitrogens with one attached hydrogen (secondary N) is 3. The van der Waals surface area contributed by atoms with Gasteiger partial charge in [0.2, 0.25) is 27.7 Å². The molecule has 0 unspecified atom stereocenters. The molecule has 1 aromatic carbocycles. The Balaban J connectivity index is 2.35. The largest absolute Gasteiger partial charge is 0.481 e. The standard InChI is InChI=1S/C17H21N5O9S2/c1-29-13-8-14(30-2)20-16(19-13)21-17(24)22-33(27,28)12-7-10(9-18-32(4,25)26)5-6-11(12)15(23)31-3/h5-8,18H,9H2,1-4H3,(H2,19,20,21,22,24). The van der Waals surface area contributed by atoms with Crippen molar-refractivity contribution in [1.82, 2.24) is 19.4 Å². The van der Waals surface area contributed by atoms with Crippen molar-refractivity contribution in [2.45, 2.75) is 11.4 Å². The molecule has 0 aliphatic heterocycles. The fraction of sp³-hybridized carbons (Fsp3) is 0.294. The summed E-state index contributed by atoms with van der Waals surface area (Å²) in [6, 6.07) is 3.58. The van der Waals surface area contributed by atoms with Gasteiger partial charge in [0.1, 0.15) is 4.90 Å². The molecule has 3 N–H and O–H groups in total. The minimum atomic E-state index is -4.63. The lowest BCUT2D eigenvalue weighted by atomic mass is 10.1. The number of hydrogen-bond acceptors (Lipinski definition) is 11. The molecule has 2 rings (SSSR count). The molecule has 0 atom stereocenters. The van der Waals surface area contributed by atoms with Gasteiger partial charge >= 0.3 is 12.0 Å². The molecule has 0 fully saturated rings. The third-order valence-corrected chi connectivity index (χ3v) is 5.87. The summed E-state index contributed by atoms with van der Waals surface area (Å²) in [7, 11) is -4.53. The van der Waals surface area contributed by atoms with Gasteiger partial charge in [-0.2, -0.15) is 9.97 Å². The third kappa shape index (κ3) is 7.26. The van der Waals surface area contributed by atoms with Crippen molar-refractivity contribution < 1.29 is 40.6 Å². The molecular formula is C17H21N5O9S2. The predicted molar refractivity (Wildman–Crippen MR) is 114 cm³/mol. The molecule has 1 heterocycles. The van der Waals surface area contributed by atoms with E-state index in [1.165, 1.54) is 26.4 Å². The second-order valence-corrected chi connectivity index (χ2v) is 9.74. The van der Waals surface area contributed by atoms with Crippen LogP contribution in [0, 0.1) is 0 Å². The average molecular weight is 504 g/mol. The maximum absolute atomic E-state index is 12.9. The quantitative estimate of drug-likeness (QED) is 0.385. The number of rotatable bonds is 9. The number of urea groups is 1. The summed E-state index contributed by atoms with van der Waals surface area (Å²) in [6.07, 6.45) is 0.926. The number of benzene rings is 1. The van der Waals surface area contributed by atoms with Crippen molar-refractivity contribution in [1.29, 1.82) is 0 Å². The number of sulfonamides is 2. The number of hydrogen-bond donors (Lipinski definition) is 3. The smallest absolute Gasteiger partial charge is 0.339 e. The van der Waals surface area contributed by atoms with E-state index in [0.29, 0.717) is 0 Å². The zero-order chi connectivity index (χ0) is 24.8. The van der Waals surface area contributed by atoms with Gasteiger partial charge in [-0.3, -0.25) is 5.32 Å². The van der Waals surface area contributed by atoms with Crippen molar-refractivity contribution in [3.05, 3.63) is 35.4 Å². The molecule has 0 saturated heterocycles. The summed E-state index contributed by atoms with van der Waals surface area (Å²) >= 11 is 0. The van der Waals surface area contributed by atoms with Crippen LogP contribution in [-0.2, 0) is 31.3 Å². The average Bonchev–Trinajstić information content (AvgIpc) is 2.75. The van der Waals surface area contributed by atoms with Crippen molar-refractivity contribution >= 4 is 38.0 Å². The number of ether oxygens (including phenoxy) is 3. The van der Waals surface area contributed by atoms with E-state index in [1.807, 2.05) is 0 Å². The minimum Gasteiger partial charge on any atom is -0.481 e. The van der Waals surface area contributed by atoms with Gasteiger partial charge in [0.15, 0.2) is 0 Å². The van der Waals surface area contributed by atoms with E-state index >= 15 is 0 Å². The Morgan fingerprint density at radius 2 is 1.58 bits per heavy atom. The fourth-order valence-corrected chi connectivity index (χ4v) is 3.95. The zero-order valence-electron chi connectivity index (χ0n) is 17.9. The molecule has 0 bridgehead atoms. The monoisotopic (exact) mass is 503 g/mol. The lowest BCUT2D eigenvalue weighted by molar-refractivity contribution is 0.0596. The number of carbonyl (C=O) groups excluding carboxylic acids is 2. The third-order valence-electron chi connectivity index (χ3n) is 3.83. The first-order valence-electron chi connectivity index (χ1n) is 8.85. The van der Waals surface area contributed by atoms with E-state index in [4.69, 9.17) is 9.47 Å². The molecule has 33 heavy (non-hydrogen) atoms. The van der Waals surface area contributed by atoms with E-state index in [1.54, 1.807) is 4.72 Å². The van der Waals surface area contributed by atoms with Crippen molar-refractivity contribution in [3.63, 3.8) is 0 Å². The van der Waals surface area contributed by atoms with Crippen molar-refractivity contribution in [2.75, 3.05) is 32.9 Å². The van der Waals surface area contributed by atoms with E-state index in [0.717, 1.165) is 25.5 Å². The van der Waals surface area contributed by atoms with Gasteiger partial charge in [-0.25, -0.2) is 35.9 Å². The van der Waals surface area contributed by atoms with E-state index in [-0.39, 0.29) is 35.4 Å². The molecule has 14 nitrogen and oxygen atoms in total. The highest BCUT2D eigenvalue weighted by Crippen LogP contribution is 2.20. The first-order chi connectivity index (χ1) is 15.4. The highest BCUT2D eigenvalue weighted by atomic mass is 32.2. The lowest BCUT2D eigenvalue weighted by Crippen LogP contribution is -2.35. The number of carbonyl (C=O) groups is 2. The molecular weight excluding hydrogens is 482 g/mol. The SMILES string of the molecule is COC(=O)c1ccc(CNS(C)(=O)=O)cc1S(=O)(=O)NC(=O)Nc1nc(OC)cc(OC)n1. The Bertz CT molecular complexity index is 1240. The van der Waals surface area contributed by atoms with Gasteiger partial charge in [-0.15, -0.1) is 0 Å². The maximum Gasteiger partial charge on any atom is 0.339 e. The van der Waals surface area contributed by atoms with Crippen LogP contribution in [0.4, 0.5) is 10.7 Å². The molecule has 0 radical (unpaired) electrons. The number of esters is 1. The first kappa shape index (κ1) is 25.8. The molecule has 0 saturated carbocycles. The number of methoxy groups -OCH3 is 3. The van der Waals surface area contributed by atoms with Crippen LogP contribution < -0.4 is 24.2 Å². The molecule has 0 aliphatic rings. The minimum absolute atomic E-state index is 0.0408. The molecule has 2 amide bonds. The summed E-state index contributed by atoms with van der Waals surface area (Å²) in [6.45, 7) is -0.257. The van der Waals surface area contributed by atoms with Crippen LogP contribution in [0.3, 0.4) is 0 Å². The second kappa shape index (κ2) is 10.4. The molecule has 0 aliphatic carbocycles. The first-order valence-corrected chi connectivity index (χ1v) is 12.2. The van der Waals surface area contributed by atoms with Gasteiger partial charge in [-0.1, -0.05) is 6.07 Å². The Kier molecular flexibility index (Phi) is 8.13. The predicted octanol–water partition coefficient (Wildman–Crippen LogP) is -0.160. The van der Waals surface area contributed by atoms with Crippen molar-refractivity contribution in [2.24, 2.45) is 0 Å². The summed E-state index contributed by atoms with van der Waals surface area (Å²) in [5.41, 5.74) is -0.171. The van der Waals surface area contributed by atoms with Crippen LogP contribution in [0.2, 0.25) is 0 Å². The number of amides is 2. The fourth-order valence-electron chi connectivity index (χ4n) is 2.37. The maximum atomic E-state index is 12.9. The highest BCUT2D eigenvalue weighted by molar-refractivity contribution is 7.90. The normalized spacial score (nSPS) is 11.4. The zero-order valence-corrected chi connectivity index (χ0v) is 19.5. The number of anilines is 1. The summed E-state index contributed by atoms with van der Waals surface area (Å²) < 4.78 is 66.8. The second-order valence-electron chi connectivity index (χ2n) is 6.25. The Hall–Kier alpha value is -3.50. The summed E-state index contributed by atoms with van der Waals surface area (Å²) in [5.74, 6) is -1.23. The molecule has 0 spiro atoms. The summed E-state index contributed by atoms with van der Waals surface area (Å²) in [5, 5.41) is 2.12. The van der Waals surface area contributed by atoms with Gasteiger partial charge in [0.05, 0.1) is 39.2 Å². The van der Waals surface area contributed by atoms with Crippen LogP contribution in [0.25, 0.3) is 0 Å². The van der Waals surface area contributed by atoms with Crippen LogP contribution in [0.15, 0.2) is 29.2 Å². The Morgan fingerprint density at radius 1 is 0.970 bits per heavy atom. The molecule has 2 aromatic rings. The molecule has 1 aromatic heterocycles. The van der Waals surface area contributed by atoms with Crippen LogP contribution in [0.5, 0.6) is 11.8 Å². The highest BCUT2D eigenvalue weighted by Gasteiger charge is 2.26. The van der Waals surface area contributed by atoms with Gasteiger partial charge in [-0.05, 0) is 17.7 Å². The summed E-state index contributed by atoms with van der Waals surface area (Å²) in [4.78, 5) is 31.5. The lowest BCUT2D eigenvalue weighted by Gasteiger charge is -2.13. The van der Waals surface area contributed by atoms with Gasteiger partial charge < -0.3 is 14.2 Å². The molecule has 16 heteroatoms. The molecule has 180 valence electrons. The Labute approximate surface area is 189 Å². The van der Waals surface area contributed by atoms with E-state index in [9.17, 15) is 26.4 Å². The number of nitrogens with zero attached hydrogens (tertiary/aromatic N) is 2. The topological polar surface area (TPSA) is 192 Å². The van der Waals surface area contributed by atoms with Crippen LogP contribution >= 0.6 is 0 Å². The van der Waals surface area contributed by atoms with Crippen LogP contribution in [0.1, 0.15) is 15.9 Å². The van der Waals surface area contributed by atoms with Crippen LogP contribution in [-0.4, -0.2) is 66.4 Å². The number of aromatic nitrogens is 2. The van der Waals surface area contributed by atoms with E-state index < -0.39 is 36.9 Å². The van der Waals surface area contributed by atoms with Crippen molar-refractivity contribution in [3.8, 4) is 11.8 Å².